The number of carbonyl (C=O) groups excluding carboxylic acids is 1. The van der Waals surface area contributed by atoms with Crippen LogP contribution in [0.4, 0.5) is 5.13 Å². The normalized spacial score (nSPS) is 11.2. The monoisotopic (exact) mass is 481 g/mol. The fraction of sp³-hybridized carbons (Fsp3) is 0.0500. The van der Waals surface area contributed by atoms with Gasteiger partial charge in [-0.25, -0.2) is 4.98 Å². The van der Waals surface area contributed by atoms with E-state index in [0.717, 1.165) is 10.4 Å². The van der Waals surface area contributed by atoms with E-state index < -0.39 is 5.91 Å². The maximum Gasteiger partial charge on any atom is 0.268 e. The Morgan fingerprint density at radius 1 is 1.17 bits per heavy atom. The number of hydrogen-bond acceptors (Lipinski definition) is 4. The van der Waals surface area contributed by atoms with Crippen molar-refractivity contribution in [3.05, 3.63) is 84.3 Å². The third-order valence-electron chi connectivity index (χ3n) is 3.80. The standard InChI is InChI=1S/C20H11Cl4N3OS/c21-14-5-4-11(17(23)8-14)6-13(9-25)19(28)27-20-26-10-15(29-20)7-12-2-1-3-16(22)18(12)24/h1-6,8,10H,7H2,(H,26,27,28). The van der Waals surface area contributed by atoms with E-state index in [1.807, 2.05) is 18.2 Å². The van der Waals surface area contributed by atoms with Gasteiger partial charge in [0.2, 0.25) is 0 Å². The third kappa shape index (κ3) is 5.51. The van der Waals surface area contributed by atoms with Gasteiger partial charge in [-0.15, -0.1) is 11.3 Å². The van der Waals surface area contributed by atoms with Crippen molar-refractivity contribution in [1.82, 2.24) is 4.98 Å². The molecule has 0 aliphatic rings. The van der Waals surface area contributed by atoms with Crippen LogP contribution in [0.15, 0.2) is 48.2 Å². The molecule has 0 spiro atoms. The molecular weight excluding hydrogens is 472 g/mol. The average Bonchev–Trinajstić information content (AvgIpc) is 3.11. The van der Waals surface area contributed by atoms with Crippen LogP contribution in [0.1, 0.15) is 16.0 Å². The van der Waals surface area contributed by atoms with Gasteiger partial charge in [-0.05, 0) is 35.4 Å². The molecule has 29 heavy (non-hydrogen) atoms. The van der Waals surface area contributed by atoms with Crippen molar-refractivity contribution in [2.75, 3.05) is 5.32 Å². The summed E-state index contributed by atoms with van der Waals surface area (Å²) in [5.41, 5.74) is 1.26. The van der Waals surface area contributed by atoms with Crippen LogP contribution in [-0.2, 0) is 11.2 Å². The number of amides is 1. The van der Waals surface area contributed by atoms with E-state index in [4.69, 9.17) is 46.4 Å². The van der Waals surface area contributed by atoms with Crippen molar-refractivity contribution in [2.45, 2.75) is 6.42 Å². The number of anilines is 1. The first kappa shape index (κ1) is 21.6. The summed E-state index contributed by atoms with van der Waals surface area (Å²) in [6.07, 6.45) is 3.56. The van der Waals surface area contributed by atoms with Crippen LogP contribution < -0.4 is 5.32 Å². The van der Waals surface area contributed by atoms with Crippen LogP contribution in [0.3, 0.4) is 0 Å². The molecule has 3 rings (SSSR count). The van der Waals surface area contributed by atoms with Crippen LogP contribution in [0.5, 0.6) is 0 Å². The van der Waals surface area contributed by atoms with Crippen molar-refractivity contribution in [1.29, 1.82) is 5.26 Å². The second kappa shape index (κ2) is 9.62. The minimum Gasteiger partial charge on any atom is -0.297 e. The lowest BCUT2D eigenvalue weighted by Gasteiger charge is -2.03. The van der Waals surface area contributed by atoms with Crippen molar-refractivity contribution in [3.8, 4) is 6.07 Å². The third-order valence-corrected chi connectivity index (χ3v) is 6.13. The molecule has 1 amide bonds. The predicted molar refractivity (Wildman–Crippen MR) is 120 cm³/mol. The van der Waals surface area contributed by atoms with Crippen LogP contribution in [0.2, 0.25) is 20.1 Å². The highest BCUT2D eigenvalue weighted by Crippen LogP contribution is 2.30. The number of hydrogen-bond donors (Lipinski definition) is 1. The van der Waals surface area contributed by atoms with Crippen LogP contribution in [0, 0.1) is 11.3 Å². The molecule has 0 aliphatic carbocycles. The summed E-state index contributed by atoms with van der Waals surface area (Å²) in [6, 6.07) is 12.1. The Bertz CT molecular complexity index is 1150. The second-order valence-corrected chi connectivity index (χ2v) is 8.56. The summed E-state index contributed by atoms with van der Waals surface area (Å²) < 4.78 is 0. The zero-order valence-electron chi connectivity index (χ0n) is 14.5. The lowest BCUT2D eigenvalue weighted by Crippen LogP contribution is -2.13. The van der Waals surface area contributed by atoms with Gasteiger partial charge in [0.1, 0.15) is 11.6 Å². The molecule has 1 N–H and O–H groups in total. The summed E-state index contributed by atoms with van der Waals surface area (Å²) in [4.78, 5) is 17.5. The van der Waals surface area contributed by atoms with Crippen molar-refractivity contribution < 1.29 is 4.79 Å². The number of nitriles is 1. The predicted octanol–water partition coefficient (Wildman–Crippen LogP) is 6.89. The Hall–Kier alpha value is -2.07. The quantitative estimate of drug-likeness (QED) is 0.318. The molecule has 9 heteroatoms. The zero-order valence-corrected chi connectivity index (χ0v) is 18.4. The van der Waals surface area contributed by atoms with Gasteiger partial charge in [0, 0.05) is 27.5 Å². The molecule has 4 nitrogen and oxygen atoms in total. The smallest absolute Gasteiger partial charge is 0.268 e. The Morgan fingerprint density at radius 2 is 1.97 bits per heavy atom. The lowest BCUT2D eigenvalue weighted by atomic mass is 10.1. The van der Waals surface area contributed by atoms with Crippen LogP contribution in [0.25, 0.3) is 6.08 Å². The fourth-order valence-corrected chi connectivity index (χ4v) is 4.09. The number of nitrogens with zero attached hydrogens (tertiary/aromatic N) is 2. The molecule has 1 aromatic heterocycles. The number of nitrogens with one attached hydrogen (secondary N) is 1. The number of halogens is 4. The number of benzene rings is 2. The highest BCUT2D eigenvalue weighted by molar-refractivity contribution is 7.15. The molecule has 1 heterocycles. The van der Waals surface area contributed by atoms with E-state index >= 15 is 0 Å². The largest absolute Gasteiger partial charge is 0.297 e. The van der Waals surface area contributed by atoms with Crippen molar-refractivity contribution in [2.24, 2.45) is 0 Å². The van der Waals surface area contributed by atoms with Crippen molar-refractivity contribution >= 4 is 74.9 Å². The van der Waals surface area contributed by atoms with Gasteiger partial charge in [0.25, 0.3) is 5.91 Å². The first-order valence-corrected chi connectivity index (χ1v) is 10.5. The Balaban J connectivity index is 1.74. The van der Waals surface area contributed by atoms with Gasteiger partial charge in [-0.1, -0.05) is 64.6 Å². The fourth-order valence-electron chi connectivity index (χ4n) is 2.41. The van der Waals surface area contributed by atoms with E-state index in [2.05, 4.69) is 10.3 Å². The van der Waals surface area contributed by atoms with Gasteiger partial charge in [-0.3, -0.25) is 10.1 Å². The lowest BCUT2D eigenvalue weighted by molar-refractivity contribution is -0.112. The Morgan fingerprint density at radius 3 is 2.69 bits per heavy atom. The van der Waals surface area contributed by atoms with Gasteiger partial charge in [0.15, 0.2) is 5.13 Å². The topological polar surface area (TPSA) is 65.8 Å². The highest BCUT2D eigenvalue weighted by Gasteiger charge is 2.14. The molecule has 0 aliphatic heterocycles. The first-order chi connectivity index (χ1) is 13.9. The second-order valence-electron chi connectivity index (χ2n) is 5.81. The zero-order chi connectivity index (χ0) is 21.0. The van der Waals surface area contributed by atoms with E-state index in [-0.39, 0.29) is 5.57 Å². The van der Waals surface area contributed by atoms with E-state index in [1.54, 1.807) is 24.4 Å². The van der Waals surface area contributed by atoms with E-state index in [0.29, 0.717) is 37.2 Å². The number of carbonyl (C=O) groups is 1. The maximum atomic E-state index is 12.4. The highest BCUT2D eigenvalue weighted by atomic mass is 35.5. The summed E-state index contributed by atoms with van der Waals surface area (Å²) in [6.45, 7) is 0. The molecule has 0 fully saturated rings. The molecule has 146 valence electrons. The molecular formula is C20H11Cl4N3OS. The van der Waals surface area contributed by atoms with Gasteiger partial charge < -0.3 is 0 Å². The van der Waals surface area contributed by atoms with Crippen LogP contribution >= 0.6 is 57.7 Å². The summed E-state index contributed by atoms with van der Waals surface area (Å²) in [5.74, 6) is -0.583. The SMILES string of the molecule is N#CC(=Cc1ccc(Cl)cc1Cl)C(=O)Nc1ncc(Cc2cccc(Cl)c2Cl)s1. The minimum absolute atomic E-state index is 0.108. The number of aromatic nitrogens is 1. The molecule has 0 radical (unpaired) electrons. The van der Waals surface area contributed by atoms with Gasteiger partial charge in [0.05, 0.1) is 10.0 Å². The molecule has 0 bridgehead atoms. The van der Waals surface area contributed by atoms with Gasteiger partial charge in [-0.2, -0.15) is 5.26 Å². The molecule has 0 atom stereocenters. The molecule has 0 unspecified atom stereocenters. The molecule has 0 saturated carbocycles. The number of rotatable bonds is 5. The maximum absolute atomic E-state index is 12.4. The van der Waals surface area contributed by atoms with E-state index in [1.165, 1.54) is 23.5 Å². The Labute approximate surface area is 191 Å². The molecule has 0 saturated heterocycles. The molecule has 3 aromatic rings. The van der Waals surface area contributed by atoms with Crippen molar-refractivity contribution in [3.63, 3.8) is 0 Å². The molecule has 2 aromatic carbocycles. The van der Waals surface area contributed by atoms with E-state index in [9.17, 15) is 10.1 Å². The average molecular weight is 483 g/mol. The summed E-state index contributed by atoms with van der Waals surface area (Å²) in [7, 11) is 0. The van der Waals surface area contributed by atoms with Crippen LogP contribution in [-0.4, -0.2) is 10.9 Å². The Kier molecular flexibility index (Phi) is 7.18. The summed E-state index contributed by atoms with van der Waals surface area (Å²) in [5, 5.41) is 14.1. The van der Waals surface area contributed by atoms with Gasteiger partial charge >= 0.3 is 0 Å². The summed E-state index contributed by atoms with van der Waals surface area (Å²) >= 11 is 25.5. The minimum atomic E-state index is -0.583. The first-order valence-electron chi connectivity index (χ1n) is 8.13. The number of thiazole rings is 1.